The van der Waals surface area contributed by atoms with E-state index in [0.717, 1.165) is 18.9 Å². The first-order chi connectivity index (χ1) is 7.07. The van der Waals surface area contributed by atoms with Gasteiger partial charge in [-0.15, -0.1) is 0 Å². The van der Waals surface area contributed by atoms with E-state index in [9.17, 15) is 13.2 Å². The number of alkyl halides is 3. The van der Waals surface area contributed by atoms with Gasteiger partial charge in [0.2, 0.25) is 0 Å². The van der Waals surface area contributed by atoms with Crippen LogP contribution in [0.3, 0.4) is 0 Å². The van der Waals surface area contributed by atoms with Crippen molar-refractivity contribution < 1.29 is 17.9 Å². The molecule has 1 nitrogen and oxygen atoms in total. The van der Waals surface area contributed by atoms with Crippen LogP contribution in [0.25, 0.3) is 0 Å². The number of ether oxygens (including phenoxy) is 1. The minimum Gasteiger partial charge on any atom is -0.493 e. The van der Waals surface area contributed by atoms with Crippen LogP contribution in [0, 0.1) is 12.0 Å². The summed E-state index contributed by atoms with van der Waals surface area (Å²) in [6, 6.07) is 6.07. The molecule has 0 heterocycles. The molecule has 0 aliphatic heterocycles. The Bertz CT molecular complexity index is 342. The van der Waals surface area contributed by atoms with Crippen molar-refractivity contribution in [1.29, 1.82) is 0 Å². The molecule has 0 amide bonds. The second-order valence-electron chi connectivity index (χ2n) is 3.67. The molecule has 0 unspecified atom stereocenters. The van der Waals surface area contributed by atoms with Crippen molar-refractivity contribution in [3.63, 3.8) is 0 Å². The predicted molar refractivity (Wildman–Crippen MR) is 48.5 cm³/mol. The van der Waals surface area contributed by atoms with Gasteiger partial charge in [0.1, 0.15) is 5.75 Å². The van der Waals surface area contributed by atoms with E-state index in [2.05, 4.69) is 6.07 Å². The van der Waals surface area contributed by atoms with E-state index in [-0.39, 0.29) is 5.75 Å². The summed E-state index contributed by atoms with van der Waals surface area (Å²) in [6.45, 7) is 0.382. The number of benzene rings is 1. The fourth-order valence-electron chi connectivity index (χ4n) is 1.26. The van der Waals surface area contributed by atoms with Crippen LogP contribution in [0.5, 0.6) is 5.75 Å². The maximum absolute atomic E-state index is 12.5. The Kier molecular flexibility index (Phi) is 2.59. The van der Waals surface area contributed by atoms with E-state index in [1.165, 1.54) is 12.1 Å². The summed E-state index contributed by atoms with van der Waals surface area (Å²) in [5.74, 6) is 0.350. The van der Waals surface area contributed by atoms with Gasteiger partial charge in [-0.3, -0.25) is 0 Å². The van der Waals surface area contributed by atoms with Crippen LogP contribution in [-0.2, 0) is 6.18 Å². The molecule has 1 radical (unpaired) electrons. The quantitative estimate of drug-likeness (QED) is 0.751. The van der Waals surface area contributed by atoms with Crippen molar-refractivity contribution in [2.24, 2.45) is 5.92 Å². The predicted octanol–water partition coefficient (Wildman–Crippen LogP) is 3.29. The lowest BCUT2D eigenvalue weighted by Gasteiger charge is -2.12. The number of hydrogen-bond acceptors (Lipinski definition) is 1. The molecular weight excluding hydrogens is 205 g/mol. The molecule has 0 saturated heterocycles. The lowest BCUT2D eigenvalue weighted by molar-refractivity contribution is -0.139. The molecule has 1 saturated carbocycles. The Morgan fingerprint density at radius 1 is 1.40 bits per heavy atom. The minimum atomic E-state index is -4.36. The summed E-state index contributed by atoms with van der Waals surface area (Å²) >= 11 is 0. The average Bonchev–Trinajstić information content (AvgIpc) is 2.97. The number of halogens is 3. The zero-order chi connectivity index (χ0) is 10.9. The van der Waals surface area contributed by atoms with E-state index < -0.39 is 11.7 Å². The Morgan fingerprint density at radius 3 is 2.73 bits per heavy atom. The van der Waals surface area contributed by atoms with Crippen LogP contribution < -0.4 is 4.74 Å². The van der Waals surface area contributed by atoms with Gasteiger partial charge in [0, 0.05) is 0 Å². The highest BCUT2D eigenvalue weighted by Crippen LogP contribution is 2.37. The second-order valence-corrected chi connectivity index (χ2v) is 3.67. The van der Waals surface area contributed by atoms with Gasteiger partial charge in [-0.1, -0.05) is 6.07 Å². The van der Waals surface area contributed by atoms with Crippen molar-refractivity contribution >= 4 is 0 Å². The van der Waals surface area contributed by atoms with Crippen LogP contribution >= 0.6 is 0 Å². The molecule has 2 rings (SSSR count). The third kappa shape index (κ3) is 2.64. The Labute approximate surface area is 85.9 Å². The van der Waals surface area contributed by atoms with Crippen LogP contribution in [-0.4, -0.2) is 6.61 Å². The summed E-state index contributed by atoms with van der Waals surface area (Å²) in [5.41, 5.74) is -0.745. The summed E-state index contributed by atoms with van der Waals surface area (Å²) in [7, 11) is 0. The summed E-state index contributed by atoms with van der Waals surface area (Å²) in [6.07, 6.45) is -2.25. The second kappa shape index (κ2) is 3.76. The van der Waals surface area contributed by atoms with Crippen LogP contribution in [0.2, 0.25) is 0 Å². The summed E-state index contributed by atoms with van der Waals surface area (Å²) in [5, 5.41) is 0. The third-order valence-electron chi connectivity index (χ3n) is 2.30. The molecule has 15 heavy (non-hydrogen) atoms. The Hall–Kier alpha value is -1.19. The monoisotopic (exact) mass is 215 g/mol. The molecule has 4 heteroatoms. The molecule has 1 aliphatic rings. The van der Waals surface area contributed by atoms with Gasteiger partial charge in [0.15, 0.2) is 0 Å². The normalized spacial score (nSPS) is 16.5. The number of rotatable bonds is 3. The SMILES string of the molecule is FC(F)(F)c1c[c]ccc1OCC1CC1. The zero-order valence-electron chi connectivity index (χ0n) is 7.97. The Morgan fingerprint density at radius 2 is 2.13 bits per heavy atom. The van der Waals surface area contributed by atoms with E-state index in [0.29, 0.717) is 12.5 Å². The van der Waals surface area contributed by atoms with Gasteiger partial charge < -0.3 is 4.74 Å². The van der Waals surface area contributed by atoms with E-state index in [1.807, 2.05) is 0 Å². The summed E-state index contributed by atoms with van der Waals surface area (Å²) < 4.78 is 42.6. The minimum absolute atomic E-state index is 0.0897. The fourth-order valence-corrected chi connectivity index (χ4v) is 1.26. The largest absolute Gasteiger partial charge is 0.493 e. The lowest BCUT2D eigenvalue weighted by atomic mass is 10.2. The van der Waals surface area contributed by atoms with Gasteiger partial charge in [-0.25, -0.2) is 0 Å². The molecule has 1 aromatic carbocycles. The highest BCUT2D eigenvalue weighted by molar-refractivity contribution is 5.35. The van der Waals surface area contributed by atoms with Gasteiger partial charge in [0.25, 0.3) is 0 Å². The van der Waals surface area contributed by atoms with E-state index in [1.54, 1.807) is 0 Å². The van der Waals surface area contributed by atoms with E-state index >= 15 is 0 Å². The van der Waals surface area contributed by atoms with Gasteiger partial charge in [0.05, 0.1) is 12.2 Å². The standard InChI is InChI=1S/C11H10F3O/c12-11(13,14)9-3-1-2-4-10(9)15-7-8-5-6-8/h2-4,8H,5-7H2. The molecule has 0 N–H and O–H groups in total. The van der Waals surface area contributed by atoms with Crippen molar-refractivity contribution in [3.8, 4) is 5.75 Å². The van der Waals surface area contributed by atoms with Gasteiger partial charge >= 0.3 is 6.18 Å². The smallest absolute Gasteiger partial charge is 0.419 e. The van der Waals surface area contributed by atoms with Crippen molar-refractivity contribution in [1.82, 2.24) is 0 Å². The zero-order valence-corrected chi connectivity index (χ0v) is 7.97. The van der Waals surface area contributed by atoms with Gasteiger partial charge in [-0.2, -0.15) is 13.2 Å². The van der Waals surface area contributed by atoms with Crippen LogP contribution in [0.15, 0.2) is 18.2 Å². The molecule has 1 fully saturated rings. The average molecular weight is 215 g/mol. The molecule has 1 aliphatic carbocycles. The van der Waals surface area contributed by atoms with Crippen molar-refractivity contribution in [3.05, 3.63) is 29.8 Å². The summed E-state index contributed by atoms with van der Waals surface area (Å²) in [4.78, 5) is 0. The molecule has 0 bridgehead atoms. The molecule has 1 aromatic rings. The Balaban J connectivity index is 2.13. The topological polar surface area (TPSA) is 9.23 Å². The fraction of sp³-hybridized carbons (Fsp3) is 0.455. The maximum Gasteiger partial charge on any atom is 0.419 e. The number of hydrogen-bond donors (Lipinski definition) is 0. The molecule has 0 spiro atoms. The molecular formula is C11H10F3O. The maximum atomic E-state index is 12.5. The third-order valence-corrected chi connectivity index (χ3v) is 2.30. The molecule has 0 aromatic heterocycles. The van der Waals surface area contributed by atoms with Crippen LogP contribution in [0.1, 0.15) is 18.4 Å². The molecule has 81 valence electrons. The lowest BCUT2D eigenvalue weighted by Crippen LogP contribution is -2.09. The first kappa shape index (κ1) is 10.3. The molecule has 0 atom stereocenters. The highest BCUT2D eigenvalue weighted by Gasteiger charge is 2.34. The van der Waals surface area contributed by atoms with E-state index in [4.69, 9.17) is 4.74 Å². The van der Waals surface area contributed by atoms with Crippen molar-refractivity contribution in [2.75, 3.05) is 6.61 Å². The highest BCUT2D eigenvalue weighted by atomic mass is 19.4. The van der Waals surface area contributed by atoms with Gasteiger partial charge in [-0.05, 0) is 37.0 Å². The first-order valence-electron chi connectivity index (χ1n) is 4.77. The van der Waals surface area contributed by atoms with Crippen LogP contribution in [0.4, 0.5) is 13.2 Å². The first-order valence-corrected chi connectivity index (χ1v) is 4.77. The van der Waals surface area contributed by atoms with Crippen molar-refractivity contribution in [2.45, 2.75) is 19.0 Å².